The van der Waals surface area contributed by atoms with Crippen molar-refractivity contribution in [2.45, 2.75) is 50.1 Å². The molecule has 1 atom stereocenters. The Hall–Kier alpha value is -0.130. The largest absolute Gasteiger partial charge is 0.325 e. The van der Waals surface area contributed by atoms with Crippen LogP contribution in [0.1, 0.15) is 38.5 Å². The van der Waals surface area contributed by atoms with Crippen LogP contribution in [0, 0.1) is 0 Å². The standard InChI is InChI=1S/C12H24N2O2S/c1-14(11-4-9-17(15,16)10-11)8-7-12(13)5-2-3-6-12/h11H,2-10,13H2,1H3. The van der Waals surface area contributed by atoms with Crippen molar-refractivity contribution in [3.8, 4) is 0 Å². The van der Waals surface area contributed by atoms with E-state index in [1.165, 1.54) is 12.8 Å². The van der Waals surface area contributed by atoms with Gasteiger partial charge in [0.1, 0.15) is 0 Å². The molecule has 5 heteroatoms. The normalized spacial score (nSPS) is 31.1. The van der Waals surface area contributed by atoms with Gasteiger partial charge in [-0.3, -0.25) is 0 Å². The molecule has 1 saturated heterocycles. The van der Waals surface area contributed by atoms with Crippen molar-refractivity contribution in [3.63, 3.8) is 0 Å². The summed E-state index contributed by atoms with van der Waals surface area (Å²) in [7, 11) is -0.734. The van der Waals surface area contributed by atoms with Gasteiger partial charge >= 0.3 is 0 Å². The van der Waals surface area contributed by atoms with Gasteiger partial charge in [0.15, 0.2) is 9.84 Å². The fraction of sp³-hybridized carbons (Fsp3) is 1.00. The maximum absolute atomic E-state index is 11.4. The van der Waals surface area contributed by atoms with Crippen LogP contribution in [-0.2, 0) is 9.84 Å². The van der Waals surface area contributed by atoms with Gasteiger partial charge in [-0.05, 0) is 39.3 Å². The van der Waals surface area contributed by atoms with Gasteiger partial charge in [0.2, 0.25) is 0 Å². The zero-order chi connectivity index (χ0) is 12.5. The van der Waals surface area contributed by atoms with Crippen molar-refractivity contribution in [1.29, 1.82) is 0 Å². The summed E-state index contributed by atoms with van der Waals surface area (Å²) in [6.07, 6.45) is 6.54. The number of hydrogen-bond donors (Lipinski definition) is 1. The topological polar surface area (TPSA) is 63.4 Å². The van der Waals surface area contributed by atoms with E-state index in [1.807, 2.05) is 7.05 Å². The van der Waals surface area contributed by atoms with Gasteiger partial charge in [-0.1, -0.05) is 12.8 Å². The molecule has 2 aliphatic rings. The van der Waals surface area contributed by atoms with E-state index in [9.17, 15) is 8.42 Å². The Balaban J connectivity index is 1.80. The second-order valence-corrected chi connectivity index (χ2v) is 8.09. The Bertz CT molecular complexity index is 361. The second kappa shape index (κ2) is 4.86. The number of hydrogen-bond acceptors (Lipinski definition) is 4. The molecule has 2 N–H and O–H groups in total. The van der Waals surface area contributed by atoms with Gasteiger partial charge in [0.25, 0.3) is 0 Å². The molecule has 0 aromatic carbocycles. The molecule has 0 amide bonds. The predicted octanol–water partition coefficient (Wildman–Crippen LogP) is 0.767. The minimum atomic E-state index is -2.77. The SMILES string of the molecule is CN(CCC1(N)CCCC1)C1CCS(=O)(=O)C1. The van der Waals surface area contributed by atoms with E-state index in [-0.39, 0.29) is 11.6 Å². The maximum Gasteiger partial charge on any atom is 0.151 e. The Morgan fingerprint density at radius 2 is 2.00 bits per heavy atom. The number of sulfone groups is 1. The molecular formula is C12H24N2O2S. The summed E-state index contributed by atoms with van der Waals surface area (Å²) >= 11 is 0. The van der Waals surface area contributed by atoms with E-state index < -0.39 is 9.84 Å². The van der Waals surface area contributed by atoms with E-state index >= 15 is 0 Å². The average Bonchev–Trinajstić information content (AvgIpc) is 2.82. The molecule has 0 radical (unpaired) electrons. The van der Waals surface area contributed by atoms with Gasteiger partial charge in [-0.2, -0.15) is 0 Å². The summed E-state index contributed by atoms with van der Waals surface area (Å²) in [4.78, 5) is 2.19. The lowest BCUT2D eigenvalue weighted by Crippen LogP contribution is -2.42. The molecule has 4 nitrogen and oxygen atoms in total. The Labute approximate surface area is 104 Å². The molecule has 1 saturated carbocycles. The summed E-state index contributed by atoms with van der Waals surface area (Å²) in [5.74, 6) is 0.691. The molecule has 0 bridgehead atoms. The van der Waals surface area contributed by atoms with Gasteiger partial charge in [0, 0.05) is 11.6 Å². The van der Waals surface area contributed by atoms with E-state index in [2.05, 4.69) is 4.90 Å². The Kier molecular flexibility index (Phi) is 3.80. The van der Waals surface area contributed by atoms with Gasteiger partial charge in [0.05, 0.1) is 11.5 Å². The van der Waals surface area contributed by atoms with E-state index in [1.54, 1.807) is 0 Å². The molecule has 2 rings (SSSR count). The Morgan fingerprint density at radius 1 is 1.35 bits per heavy atom. The maximum atomic E-state index is 11.4. The third-order valence-electron chi connectivity index (χ3n) is 4.39. The molecular weight excluding hydrogens is 236 g/mol. The monoisotopic (exact) mass is 260 g/mol. The van der Waals surface area contributed by atoms with Crippen molar-refractivity contribution in [1.82, 2.24) is 4.90 Å². The highest BCUT2D eigenvalue weighted by Gasteiger charge is 2.33. The van der Waals surface area contributed by atoms with Crippen LogP contribution >= 0.6 is 0 Å². The zero-order valence-electron chi connectivity index (χ0n) is 10.7. The third kappa shape index (κ3) is 3.42. The first-order valence-corrected chi connectivity index (χ1v) is 8.42. The minimum Gasteiger partial charge on any atom is -0.325 e. The van der Waals surface area contributed by atoms with Gasteiger partial charge in [-0.25, -0.2) is 8.42 Å². The molecule has 0 spiro atoms. The van der Waals surface area contributed by atoms with Crippen LogP contribution in [-0.4, -0.2) is 50.0 Å². The molecule has 1 unspecified atom stereocenters. The van der Waals surface area contributed by atoms with Crippen LogP contribution in [0.2, 0.25) is 0 Å². The zero-order valence-corrected chi connectivity index (χ0v) is 11.5. The lowest BCUT2D eigenvalue weighted by atomic mass is 9.94. The summed E-state index contributed by atoms with van der Waals surface area (Å²) in [5, 5.41) is 0. The average molecular weight is 260 g/mol. The molecule has 2 fully saturated rings. The first-order chi connectivity index (χ1) is 7.90. The third-order valence-corrected chi connectivity index (χ3v) is 6.14. The molecule has 100 valence electrons. The van der Waals surface area contributed by atoms with Crippen LogP contribution in [0.3, 0.4) is 0 Å². The van der Waals surface area contributed by atoms with Crippen LogP contribution in [0.15, 0.2) is 0 Å². The van der Waals surface area contributed by atoms with Crippen molar-refractivity contribution in [3.05, 3.63) is 0 Å². The van der Waals surface area contributed by atoms with Crippen molar-refractivity contribution in [2.75, 3.05) is 25.1 Å². The first kappa shape index (κ1) is 13.3. The van der Waals surface area contributed by atoms with Crippen LogP contribution in [0.4, 0.5) is 0 Å². The van der Waals surface area contributed by atoms with Crippen LogP contribution in [0.5, 0.6) is 0 Å². The highest BCUT2D eigenvalue weighted by molar-refractivity contribution is 7.91. The summed E-state index contributed by atoms with van der Waals surface area (Å²) in [5.41, 5.74) is 6.33. The lowest BCUT2D eigenvalue weighted by Gasteiger charge is -2.29. The second-order valence-electron chi connectivity index (χ2n) is 5.86. The minimum absolute atomic E-state index is 0.0196. The predicted molar refractivity (Wildman–Crippen MR) is 69.7 cm³/mol. The Morgan fingerprint density at radius 3 is 2.53 bits per heavy atom. The molecule has 1 aliphatic heterocycles. The van der Waals surface area contributed by atoms with Crippen molar-refractivity contribution < 1.29 is 8.42 Å². The van der Waals surface area contributed by atoms with E-state index in [0.717, 1.165) is 32.2 Å². The summed E-state index contributed by atoms with van der Waals surface area (Å²) in [6, 6.07) is 0.213. The lowest BCUT2D eigenvalue weighted by molar-refractivity contribution is 0.230. The van der Waals surface area contributed by atoms with Gasteiger partial charge in [-0.15, -0.1) is 0 Å². The number of nitrogens with zero attached hydrogens (tertiary/aromatic N) is 1. The molecule has 1 aliphatic carbocycles. The first-order valence-electron chi connectivity index (χ1n) is 6.60. The highest BCUT2D eigenvalue weighted by Crippen LogP contribution is 2.30. The van der Waals surface area contributed by atoms with Crippen LogP contribution in [0.25, 0.3) is 0 Å². The molecule has 17 heavy (non-hydrogen) atoms. The fourth-order valence-corrected chi connectivity index (χ4v) is 4.84. The van der Waals surface area contributed by atoms with Crippen LogP contribution < -0.4 is 5.73 Å². The van der Waals surface area contributed by atoms with Crippen molar-refractivity contribution in [2.24, 2.45) is 5.73 Å². The fourth-order valence-electron chi connectivity index (χ4n) is 3.03. The summed E-state index contributed by atoms with van der Waals surface area (Å²) < 4.78 is 22.8. The highest BCUT2D eigenvalue weighted by atomic mass is 32.2. The molecule has 1 heterocycles. The van der Waals surface area contributed by atoms with E-state index in [4.69, 9.17) is 5.73 Å². The van der Waals surface area contributed by atoms with Gasteiger partial charge < -0.3 is 10.6 Å². The van der Waals surface area contributed by atoms with E-state index in [0.29, 0.717) is 11.5 Å². The summed E-state index contributed by atoms with van der Waals surface area (Å²) in [6.45, 7) is 0.927. The van der Waals surface area contributed by atoms with Crippen molar-refractivity contribution >= 4 is 9.84 Å². The molecule has 0 aromatic rings. The number of rotatable bonds is 4. The molecule has 0 aromatic heterocycles. The number of nitrogens with two attached hydrogens (primary N) is 1. The quantitative estimate of drug-likeness (QED) is 0.811. The smallest absolute Gasteiger partial charge is 0.151 e.